The second kappa shape index (κ2) is 8.36. The zero-order valence-electron chi connectivity index (χ0n) is 16.6. The van der Waals surface area contributed by atoms with Crippen LogP contribution in [0.5, 0.6) is 0 Å². The van der Waals surface area contributed by atoms with Gasteiger partial charge >= 0.3 is 0 Å². The van der Waals surface area contributed by atoms with Crippen LogP contribution in [0.1, 0.15) is 43.6 Å². The molecule has 6 nitrogen and oxygen atoms in total. The third kappa shape index (κ3) is 6.32. The van der Waals surface area contributed by atoms with Crippen LogP contribution in [0, 0.1) is 17.3 Å². The van der Waals surface area contributed by atoms with Crippen LogP contribution >= 0.6 is 0 Å². The highest BCUT2D eigenvalue weighted by Gasteiger charge is 2.12. The summed E-state index contributed by atoms with van der Waals surface area (Å²) in [6, 6.07) is 7.98. The first-order chi connectivity index (χ1) is 13.0. The van der Waals surface area contributed by atoms with Crippen LogP contribution in [-0.4, -0.2) is 27.3 Å². The Morgan fingerprint density at radius 1 is 1.14 bits per heavy atom. The van der Waals surface area contributed by atoms with E-state index in [1.807, 2.05) is 20.8 Å². The summed E-state index contributed by atoms with van der Waals surface area (Å²) in [6.45, 7) is 7.36. The molecular weight excluding hydrogens is 374 g/mol. The van der Waals surface area contributed by atoms with Crippen molar-refractivity contribution in [3.63, 3.8) is 0 Å². The number of nitrogens with one attached hydrogen (secondary N) is 1. The van der Waals surface area contributed by atoms with Crippen LogP contribution in [0.25, 0.3) is 0 Å². The molecule has 2 aromatic rings. The lowest BCUT2D eigenvalue weighted by atomic mass is 9.97. The van der Waals surface area contributed by atoms with Gasteiger partial charge < -0.3 is 5.32 Å². The predicted octanol–water partition coefficient (Wildman–Crippen LogP) is 3.73. The highest BCUT2D eigenvalue weighted by atomic mass is 32.2. The fourth-order valence-electron chi connectivity index (χ4n) is 2.14. The number of carbonyl (C=O) groups excluding carboxylic acids is 2. The molecule has 7 heteroatoms. The van der Waals surface area contributed by atoms with Gasteiger partial charge in [0.15, 0.2) is 0 Å². The lowest BCUT2D eigenvalue weighted by molar-refractivity contribution is -0.114. The van der Waals surface area contributed by atoms with E-state index in [4.69, 9.17) is 0 Å². The van der Waals surface area contributed by atoms with Gasteiger partial charge in [-0.3, -0.25) is 14.6 Å². The molecule has 0 saturated heterocycles. The molecule has 1 N–H and O–H groups in total. The number of rotatable bonds is 3. The summed E-state index contributed by atoms with van der Waals surface area (Å²) in [6.07, 6.45) is 4.35. The molecule has 2 rings (SSSR count). The number of pyridine rings is 1. The fourth-order valence-corrected chi connectivity index (χ4v) is 3.31. The van der Waals surface area contributed by atoms with E-state index in [1.54, 1.807) is 36.5 Å². The highest BCUT2D eigenvalue weighted by molar-refractivity contribution is 7.93. The maximum absolute atomic E-state index is 12.9. The number of hydrogen-bond acceptors (Lipinski definition) is 4. The van der Waals surface area contributed by atoms with Gasteiger partial charge in [0.2, 0.25) is 5.91 Å². The van der Waals surface area contributed by atoms with E-state index in [1.165, 1.54) is 19.4 Å². The van der Waals surface area contributed by atoms with Gasteiger partial charge in [-0.25, -0.2) is 4.21 Å². The molecule has 0 spiro atoms. The quantitative estimate of drug-likeness (QED) is 0.799. The second-order valence-electron chi connectivity index (χ2n) is 7.37. The van der Waals surface area contributed by atoms with Gasteiger partial charge in [0.05, 0.1) is 15.3 Å². The van der Waals surface area contributed by atoms with Crippen LogP contribution in [0.15, 0.2) is 52.0 Å². The largest absolute Gasteiger partial charge is 0.326 e. The molecule has 0 aliphatic heterocycles. The van der Waals surface area contributed by atoms with Crippen molar-refractivity contribution in [2.45, 2.75) is 32.6 Å². The molecule has 1 atom stereocenters. The third-order valence-corrected chi connectivity index (χ3v) is 5.10. The zero-order chi connectivity index (χ0) is 20.9. The number of nitrogens with zero attached hydrogens (tertiary/aromatic N) is 2. The molecule has 0 saturated carbocycles. The normalized spacial score (nSPS) is 12.9. The summed E-state index contributed by atoms with van der Waals surface area (Å²) in [4.78, 5) is 28.0. The second-order valence-corrected chi connectivity index (χ2v) is 9.63. The Morgan fingerprint density at radius 2 is 1.79 bits per heavy atom. The molecule has 0 aliphatic carbocycles. The molecule has 0 aliphatic rings. The van der Waals surface area contributed by atoms with Crippen molar-refractivity contribution in [3.05, 3.63) is 53.9 Å². The molecule has 0 bridgehead atoms. The van der Waals surface area contributed by atoms with Gasteiger partial charge in [0.1, 0.15) is 0 Å². The smallest absolute Gasteiger partial charge is 0.286 e. The van der Waals surface area contributed by atoms with Crippen LogP contribution in [0.2, 0.25) is 0 Å². The summed E-state index contributed by atoms with van der Waals surface area (Å²) in [7, 11) is -2.95. The lowest BCUT2D eigenvalue weighted by Gasteiger charge is -2.07. The molecular formula is C21H23N3O3S. The van der Waals surface area contributed by atoms with E-state index < -0.39 is 15.6 Å². The van der Waals surface area contributed by atoms with Crippen molar-refractivity contribution in [2.24, 2.45) is 9.78 Å². The first kappa shape index (κ1) is 21.3. The predicted molar refractivity (Wildman–Crippen MR) is 110 cm³/mol. The maximum atomic E-state index is 12.9. The van der Waals surface area contributed by atoms with Crippen molar-refractivity contribution >= 4 is 27.2 Å². The Kier molecular flexibility index (Phi) is 6.37. The van der Waals surface area contributed by atoms with E-state index in [9.17, 15) is 13.8 Å². The van der Waals surface area contributed by atoms with Crippen molar-refractivity contribution in [2.75, 3.05) is 11.6 Å². The molecule has 28 heavy (non-hydrogen) atoms. The van der Waals surface area contributed by atoms with Crippen LogP contribution in [-0.2, 0) is 14.5 Å². The minimum Gasteiger partial charge on any atom is -0.326 e. The van der Waals surface area contributed by atoms with E-state index in [2.05, 4.69) is 26.5 Å². The molecule has 0 fully saturated rings. The summed E-state index contributed by atoms with van der Waals surface area (Å²) < 4.78 is 16.8. The summed E-state index contributed by atoms with van der Waals surface area (Å²) in [5.74, 6) is 5.24. The van der Waals surface area contributed by atoms with Gasteiger partial charge in [-0.1, -0.05) is 11.8 Å². The summed E-state index contributed by atoms with van der Waals surface area (Å²) >= 11 is 0. The van der Waals surface area contributed by atoms with Crippen molar-refractivity contribution < 1.29 is 13.8 Å². The Balaban J connectivity index is 2.30. The minimum absolute atomic E-state index is 0.175. The Morgan fingerprint density at radius 3 is 2.36 bits per heavy atom. The topological polar surface area (TPSA) is 88.5 Å². The first-order valence-electron chi connectivity index (χ1n) is 8.59. The minimum atomic E-state index is -2.95. The Bertz CT molecular complexity index is 1080. The fraction of sp³-hybridized carbons (Fsp3) is 0.286. The number of hydrogen-bond donors (Lipinski definition) is 1. The maximum Gasteiger partial charge on any atom is 0.286 e. The molecule has 1 aromatic carbocycles. The van der Waals surface area contributed by atoms with E-state index in [0.29, 0.717) is 16.1 Å². The number of benzene rings is 1. The standard InChI is InChI=1S/C21H23N3O3S/c1-15(25)23-18-6-8-19(9-7-18)28(5,27)24-20(26)17-12-16(13-22-14-17)10-11-21(2,3)4/h6-9,12-14H,1-5H3,(H,23,25). The van der Waals surface area contributed by atoms with E-state index in [-0.39, 0.29) is 16.9 Å². The Hall–Kier alpha value is -2.98. The highest BCUT2D eigenvalue weighted by Crippen LogP contribution is 2.17. The Labute approximate surface area is 166 Å². The van der Waals surface area contributed by atoms with Crippen molar-refractivity contribution in [1.82, 2.24) is 4.98 Å². The molecule has 146 valence electrons. The van der Waals surface area contributed by atoms with Gasteiger partial charge in [-0.2, -0.15) is 4.36 Å². The lowest BCUT2D eigenvalue weighted by Crippen LogP contribution is -2.07. The SMILES string of the molecule is CC(=O)Nc1ccc(S(C)(=O)=NC(=O)c2cncc(C#CC(C)(C)C)c2)cc1. The monoisotopic (exact) mass is 397 g/mol. The molecule has 1 heterocycles. The number of aromatic nitrogens is 1. The van der Waals surface area contributed by atoms with Gasteiger partial charge in [-0.15, -0.1) is 0 Å². The van der Waals surface area contributed by atoms with E-state index >= 15 is 0 Å². The number of anilines is 1. The molecule has 0 radical (unpaired) electrons. The van der Waals surface area contributed by atoms with Crippen LogP contribution < -0.4 is 5.32 Å². The average molecular weight is 398 g/mol. The first-order valence-corrected chi connectivity index (χ1v) is 10.5. The van der Waals surface area contributed by atoms with Crippen molar-refractivity contribution in [1.29, 1.82) is 0 Å². The van der Waals surface area contributed by atoms with Gasteiger partial charge in [0.25, 0.3) is 5.91 Å². The zero-order valence-corrected chi connectivity index (χ0v) is 17.4. The number of amides is 2. The van der Waals surface area contributed by atoms with Crippen molar-refractivity contribution in [3.8, 4) is 11.8 Å². The van der Waals surface area contributed by atoms with E-state index in [0.717, 1.165) is 0 Å². The summed E-state index contributed by atoms with van der Waals surface area (Å²) in [5, 5.41) is 2.63. The van der Waals surface area contributed by atoms with Crippen LogP contribution in [0.4, 0.5) is 5.69 Å². The average Bonchev–Trinajstić information content (AvgIpc) is 2.59. The van der Waals surface area contributed by atoms with Gasteiger partial charge in [0, 0.05) is 47.1 Å². The number of carbonyl (C=O) groups is 2. The third-order valence-electron chi connectivity index (χ3n) is 3.44. The summed E-state index contributed by atoms with van der Waals surface area (Å²) in [5.41, 5.74) is 1.22. The van der Waals surface area contributed by atoms with Crippen LogP contribution in [0.3, 0.4) is 0 Å². The van der Waals surface area contributed by atoms with Gasteiger partial charge in [-0.05, 0) is 51.1 Å². The molecule has 1 unspecified atom stereocenters. The molecule has 1 aromatic heterocycles. The molecule has 2 amide bonds.